The molecular weight excluding hydrogens is 352 g/mol. The third kappa shape index (κ3) is 3.61. The van der Waals surface area contributed by atoms with Gasteiger partial charge in [-0.1, -0.05) is 42.5 Å². The van der Waals surface area contributed by atoms with Crippen molar-refractivity contribution < 1.29 is 4.79 Å². The van der Waals surface area contributed by atoms with E-state index in [1.54, 1.807) is 0 Å². The van der Waals surface area contributed by atoms with Gasteiger partial charge < -0.3 is 4.90 Å². The van der Waals surface area contributed by atoms with E-state index < -0.39 is 0 Å². The van der Waals surface area contributed by atoms with Crippen molar-refractivity contribution in [3.8, 4) is 0 Å². The number of carbonyl (C=O) groups is 1. The first-order valence-corrected chi connectivity index (χ1v) is 9.37. The lowest BCUT2D eigenvalue weighted by atomic mass is 10.0. The van der Waals surface area contributed by atoms with E-state index in [0.717, 1.165) is 18.7 Å². The molecule has 28 heavy (non-hydrogen) atoms. The van der Waals surface area contributed by atoms with Crippen LogP contribution in [0.5, 0.6) is 0 Å². The van der Waals surface area contributed by atoms with Crippen LogP contribution in [0.4, 0.5) is 0 Å². The zero-order valence-electron chi connectivity index (χ0n) is 15.8. The number of hydrazine groups is 1. The molecule has 144 valence electrons. The summed E-state index contributed by atoms with van der Waals surface area (Å²) in [5.41, 5.74) is 6.09. The van der Waals surface area contributed by atoms with Gasteiger partial charge >= 0.3 is 0 Å². The van der Waals surface area contributed by atoms with Crippen LogP contribution in [-0.4, -0.2) is 65.2 Å². The summed E-state index contributed by atoms with van der Waals surface area (Å²) >= 11 is 0. The Balaban J connectivity index is 1.51. The molecule has 3 heterocycles. The van der Waals surface area contributed by atoms with Crippen molar-refractivity contribution >= 4 is 17.7 Å². The number of fused-ring (bicyclic) bond motifs is 1. The lowest BCUT2D eigenvalue weighted by molar-refractivity contribution is -0.117. The Morgan fingerprint density at radius 1 is 1.07 bits per heavy atom. The van der Waals surface area contributed by atoms with Gasteiger partial charge in [0, 0.05) is 26.2 Å². The molecule has 0 fully saturated rings. The summed E-state index contributed by atoms with van der Waals surface area (Å²) in [5.74, 6) is 1.30. The topological polar surface area (TPSA) is 63.5 Å². The average Bonchev–Trinajstić information content (AvgIpc) is 3.10. The van der Waals surface area contributed by atoms with Crippen molar-refractivity contribution in [3.63, 3.8) is 0 Å². The highest BCUT2D eigenvalue weighted by molar-refractivity contribution is 6.06. The van der Waals surface area contributed by atoms with Gasteiger partial charge in [-0.15, -0.1) is 13.2 Å². The molecule has 0 saturated carbocycles. The number of carbonyl (C=O) groups excluding carboxylic acids is 1. The summed E-state index contributed by atoms with van der Waals surface area (Å²) in [6.07, 6.45) is 3.64. The monoisotopic (exact) mass is 376 g/mol. The molecule has 7 nitrogen and oxygen atoms in total. The molecule has 1 aromatic rings. The van der Waals surface area contributed by atoms with E-state index in [0.29, 0.717) is 43.8 Å². The number of benzene rings is 1. The van der Waals surface area contributed by atoms with Gasteiger partial charge in [0.15, 0.2) is 5.78 Å². The number of rotatable bonds is 6. The normalized spacial score (nSPS) is 18.7. The zero-order chi connectivity index (χ0) is 19.5. The van der Waals surface area contributed by atoms with Crippen LogP contribution in [0.1, 0.15) is 5.56 Å². The molecule has 3 aliphatic heterocycles. The Bertz CT molecular complexity index is 875. The van der Waals surface area contributed by atoms with E-state index in [2.05, 4.69) is 45.6 Å². The predicted octanol–water partition coefficient (Wildman–Crippen LogP) is 1.55. The zero-order valence-corrected chi connectivity index (χ0v) is 15.8. The summed E-state index contributed by atoms with van der Waals surface area (Å²) in [6, 6.07) is 10.2. The number of guanidine groups is 2. The Morgan fingerprint density at radius 2 is 1.82 bits per heavy atom. The summed E-state index contributed by atoms with van der Waals surface area (Å²) < 4.78 is 0. The number of hydrogen-bond donors (Lipinski definition) is 1. The Morgan fingerprint density at radius 3 is 2.54 bits per heavy atom. The van der Waals surface area contributed by atoms with Crippen molar-refractivity contribution in [1.82, 2.24) is 20.2 Å². The molecule has 0 unspecified atom stereocenters. The molecule has 3 aliphatic rings. The van der Waals surface area contributed by atoms with Gasteiger partial charge in [0.25, 0.3) is 0 Å². The third-order valence-corrected chi connectivity index (χ3v) is 4.87. The maximum Gasteiger partial charge on any atom is 0.248 e. The minimum Gasteiger partial charge on any atom is -0.334 e. The van der Waals surface area contributed by atoms with Gasteiger partial charge in [0.2, 0.25) is 11.9 Å². The maximum absolute atomic E-state index is 12.7. The van der Waals surface area contributed by atoms with Crippen LogP contribution in [0, 0.1) is 0 Å². The van der Waals surface area contributed by atoms with Gasteiger partial charge in [0.1, 0.15) is 5.70 Å². The van der Waals surface area contributed by atoms with E-state index in [9.17, 15) is 4.79 Å². The first-order valence-electron chi connectivity index (χ1n) is 9.37. The molecule has 4 rings (SSSR count). The molecule has 0 radical (unpaired) electrons. The molecule has 1 N–H and O–H groups in total. The van der Waals surface area contributed by atoms with Crippen molar-refractivity contribution in [2.24, 2.45) is 9.98 Å². The maximum atomic E-state index is 12.7. The molecule has 0 aliphatic carbocycles. The number of ketones is 1. The van der Waals surface area contributed by atoms with Crippen molar-refractivity contribution in [1.29, 1.82) is 0 Å². The van der Waals surface area contributed by atoms with Crippen LogP contribution >= 0.6 is 0 Å². The molecular formula is C21H24N6O. The second-order valence-corrected chi connectivity index (χ2v) is 7.03. The molecule has 0 saturated heterocycles. The molecule has 0 atom stereocenters. The standard InChI is InChI=1S/C21H24N6O/c1-3-10-26(11-4-2)21-23-20-22-19-17(14-27(20)24-21)13-25(15-18(19)28)12-16-8-6-5-7-9-16/h3-9H,1-2,10-15H2,(H,22,23,24). The summed E-state index contributed by atoms with van der Waals surface area (Å²) in [7, 11) is 0. The predicted molar refractivity (Wildman–Crippen MR) is 110 cm³/mol. The van der Waals surface area contributed by atoms with Crippen LogP contribution in [0.2, 0.25) is 0 Å². The molecule has 0 aromatic heterocycles. The van der Waals surface area contributed by atoms with Gasteiger partial charge in [-0.2, -0.15) is 4.99 Å². The number of Topliss-reactive ketones (excluding diaryl/α,β-unsaturated/α-hetero) is 1. The summed E-state index contributed by atoms with van der Waals surface area (Å²) in [4.78, 5) is 26.0. The van der Waals surface area contributed by atoms with E-state index in [-0.39, 0.29) is 5.78 Å². The van der Waals surface area contributed by atoms with E-state index in [4.69, 9.17) is 0 Å². The van der Waals surface area contributed by atoms with Crippen LogP contribution in [0.25, 0.3) is 0 Å². The van der Waals surface area contributed by atoms with Crippen molar-refractivity contribution in [2.45, 2.75) is 6.54 Å². The second kappa shape index (κ2) is 7.82. The fraction of sp³-hybridized carbons (Fsp3) is 0.286. The molecule has 7 heteroatoms. The number of hydrogen-bond acceptors (Lipinski definition) is 7. The third-order valence-electron chi connectivity index (χ3n) is 4.87. The fourth-order valence-corrected chi connectivity index (χ4v) is 3.63. The largest absolute Gasteiger partial charge is 0.334 e. The van der Waals surface area contributed by atoms with Crippen molar-refractivity contribution in [2.75, 3.05) is 32.7 Å². The first kappa shape index (κ1) is 18.2. The van der Waals surface area contributed by atoms with Gasteiger partial charge in [0.05, 0.1) is 13.1 Å². The molecule has 0 spiro atoms. The van der Waals surface area contributed by atoms with Gasteiger partial charge in [-0.05, 0) is 11.1 Å². The SMILES string of the molecule is C=CCN(CC=C)C1=NC2=NC3=C(CN(Cc4ccccc4)CC3=O)CN2N1. The summed E-state index contributed by atoms with van der Waals surface area (Å²) in [6.45, 7) is 11.3. The minimum atomic E-state index is 0.0574. The van der Waals surface area contributed by atoms with E-state index >= 15 is 0 Å². The Kier molecular flexibility index (Phi) is 5.08. The van der Waals surface area contributed by atoms with E-state index in [1.165, 1.54) is 5.56 Å². The van der Waals surface area contributed by atoms with Crippen LogP contribution < -0.4 is 5.43 Å². The quantitative estimate of drug-likeness (QED) is 0.763. The lowest BCUT2D eigenvalue weighted by Crippen LogP contribution is -2.50. The van der Waals surface area contributed by atoms with Gasteiger partial charge in [-0.25, -0.2) is 10.0 Å². The number of nitrogens with one attached hydrogen (secondary N) is 1. The van der Waals surface area contributed by atoms with Crippen molar-refractivity contribution in [3.05, 3.63) is 72.5 Å². The first-order chi connectivity index (χ1) is 13.7. The highest BCUT2D eigenvalue weighted by Crippen LogP contribution is 2.24. The van der Waals surface area contributed by atoms with Crippen LogP contribution in [0.15, 0.2) is 76.9 Å². The minimum absolute atomic E-state index is 0.0574. The molecule has 0 amide bonds. The number of aliphatic imine (C=N–C) groups is 2. The second-order valence-electron chi connectivity index (χ2n) is 7.03. The highest BCUT2D eigenvalue weighted by Gasteiger charge is 2.35. The fourth-order valence-electron chi connectivity index (χ4n) is 3.63. The molecule has 0 bridgehead atoms. The summed E-state index contributed by atoms with van der Waals surface area (Å²) in [5, 5.41) is 1.90. The number of nitrogens with zero attached hydrogens (tertiary/aromatic N) is 5. The average molecular weight is 376 g/mol. The molecule has 1 aromatic carbocycles. The lowest BCUT2D eigenvalue weighted by Gasteiger charge is -2.33. The van der Waals surface area contributed by atoms with Crippen LogP contribution in [-0.2, 0) is 11.3 Å². The highest BCUT2D eigenvalue weighted by atomic mass is 16.1. The van der Waals surface area contributed by atoms with Crippen LogP contribution in [0.3, 0.4) is 0 Å². The Labute approximate surface area is 165 Å². The van der Waals surface area contributed by atoms with Gasteiger partial charge in [-0.3, -0.25) is 15.1 Å². The van der Waals surface area contributed by atoms with E-state index in [1.807, 2.05) is 40.3 Å². The Hall–Kier alpha value is -3.19. The smallest absolute Gasteiger partial charge is 0.248 e.